The Hall–Kier alpha value is -2.62. The Bertz CT molecular complexity index is 932. The summed E-state index contributed by atoms with van der Waals surface area (Å²) in [5.41, 5.74) is 6.62. The maximum absolute atomic E-state index is 4.73. The Morgan fingerprint density at radius 2 is 2.05 bits per heavy atom. The van der Waals surface area contributed by atoms with Crippen LogP contribution in [0.3, 0.4) is 0 Å². The van der Waals surface area contributed by atoms with Gasteiger partial charge < -0.3 is 9.38 Å². The van der Waals surface area contributed by atoms with E-state index in [9.17, 15) is 0 Å². The van der Waals surface area contributed by atoms with Gasteiger partial charge in [-0.05, 0) is 36.2 Å². The number of aryl methyl sites for hydroxylation is 1. The fourth-order valence-corrected chi connectivity index (χ4v) is 2.72. The number of aromatic amines is 1. The third kappa shape index (κ3) is 2.00. The molecule has 0 fully saturated rings. The second kappa shape index (κ2) is 4.45. The number of rotatable bonds is 2. The van der Waals surface area contributed by atoms with Gasteiger partial charge in [-0.15, -0.1) is 0 Å². The van der Waals surface area contributed by atoms with E-state index in [1.54, 1.807) is 6.33 Å². The molecule has 4 heteroatoms. The van der Waals surface area contributed by atoms with E-state index >= 15 is 0 Å². The van der Waals surface area contributed by atoms with Gasteiger partial charge in [0.05, 0.1) is 23.1 Å². The van der Waals surface area contributed by atoms with Crippen molar-refractivity contribution in [2.24, 2.45) is 0 Å². The van der Waals surface area contributed by atoms with Crippen LogP contribution in [0, 0.1) is 6.92 Å². The molecular formula is C17H16N4. The highest BCUT2D eigenvalue weighted by atomic mass is 15.0. The molecule has 0 aliphatic heterocycles. The normalized spacial score (nSPS) is 13.0. The molecule has 1 N–H and O–H groups in total. The molecule has 4 nitrogen and oxygen atoms in total. The summed E-state index contributed by atoms with van der Waals surface area (Å²) in [6, 6.07) is 10.5. The van der Waals surface area contributed by atoms with Crippen molar-refractivity contribution in [2.45, 2.75) is 19.8 Å². The minimum absolute atomic E-state index is 0.248. The zero-order valence-corrected chi connectivity index (χ0v) is 12.0. The Morgan fingerprint density at radius 3 is 2.95 bits per heavy atom. The SMILES string of the molecule is Cc1ccc2nc([C@H](C)c3ccc4nc[nH]c4c3)cn2c1. The van der Waals surface area contributed by atoms with Crippen LogP contribution in [-0.4, -0.2) is 19.4 Å². The Balaban J connectivity index is 1.79. The number of hydrogen-bond acceptors (Lipinski definition) is 2. The standard InChI is InChI=1S/C17H16N4/c1-11-3-6-17-20-16(9-21(17)8-11)12(2)13-4-5-14-15(7-13)19-10-18-14/h3-10,12H,1-2H3,(H,18,19)/t12-/m1/s1. The van der Waals surface area contributed by atoms with Crippen LogP contribution in [0.5, 0.6) is 0 Å². The molecule has 0 saturated heterocycles. The zero-order chi connectivity index (χ0) is 14.4. The van der Waals surface area contributed by atoms with Gasteiger partial charge in [-0.3, -0.25) is 0 Å². The first-order valence-electron chi connectivity index (χ1n) is 7.09. The van der Waals surface area contributed by atoms with Crippen LogP contribution in [0.25, 0.3) is 16.7 Å². The first-order chi connectivity index (χ1) is 10.2. The largest absolute Gasteiger partial charge is 0.345 e. The summed E-state index contributed by atoms with van der Waals surface area (Å²) >= 11 is 0. The molecule has 0 spiro atoms. The molecular weight excluding hydrogens is 260 g/mol. The van der Waals surface area contributed by atoms with E-state index in [0.29, 0.717) is 0 Å². The van der Waals surface area contributed by atoms with Gasteiger partial charge in [0, 0.05) is 18.3 Å². The molecule has 0 saturated carbocycles. The van der Waals surface area contributed by atoms with Gasteiger partial charge in [-0.1, -0.05) is 19.1 Å². The minimum Gasteiger partial charge on any atom is -0.345 e. The number of aromatic nitrogens is 4. The molecule has 1 atom stereocenters. The number of nitrogens with one attached hydrogen (secondary N) is 1. The van der Waals surface area contributed by atoms with Crippen molar-refractivity contribution >= 4 is 16.7 Å². The van der Waals surface area contributed by atoms with Crippen LogP contribution in [0.4, 0.5) is 0 Å². The summed E-state index contributed by atoms with van der Waals surface area (Å²) in [4.78, 5) is 12.2. The van der Waals surface area contributed by atoms with Crippen molar-refractivity contribution in [1.82, 2.24) is 19.4 Å². The fraction of sp³-hybridized carbons (Fsp3) is 0.176. The summed E-state index contributed by atoms with van der Waals surface area (Å²) in [5, 5.41) is 0. The Kier molecular flexibility index (Phi) is 2.57. The topological polar surface area (TPSA) is 46.0 Å². The molecule has 3 aromatic heterocycles. The van der Waals surface area contributed by atoms with Gasteiger partial charge in [-0.25, -0.2) is 9.97 Å². The Morgan fingerprint density at radius 1 is 1.14 bits per heavy atom. The van der Waals surface area contributed by atoms with Crippen molar-refractivity contribution in [3.63, 3.8) is 0 Å². The van der Waals surface area contributed by atoms with E-state index in [1.807, 2.05) is 0 Å². The summed E-state index contributed by atoms with van der Waals surface area (Å²) in [7, 11) is 0. The Labute approximate surface area is 122 Å². The van der Waals surface area contributed by atoms with Crippen LogP contribution in [0.2, 0.25) is 0 Å². The average molecular weight is 276 g/mol. The van der Waals surface area contributed by atoms with E-state index < -0.39 is 0 Å². The number of imidazole rings is 2. The number of nitrogens with zero attached hydrogens (tertiary/aromatic N) is 3. The molecule has 0 aliphatic rings. The van der Waals surface area contributed by atoms with E-state index in [-0.39, 0.29) is 5.92 Å². The van der Waals surface area contributed by atoms with Crippen molar-refractivity contribution in [1.29, 1.82) is 0 Å². The first kappa shape index (κ1) is 12.1. The van der Waals surface area contributed by atoms with Crippen LogP contribution < -0.4 is 0 Å². The lowest BCUT2D eigenvalue weighted by Crippen LogP contribution is -1.96. The lowest BCUT2D eigenvalue weighted by atomic mass is 9.98. The van der Waals surface area contributed by atoms with E-state index in [0.717, 1.165) is 22.4 Å². The highest BCUT2D eigenvalue weighted by molar-refractivity contribution is 5.75. The van der Waals surface area contributed by atoms with E-state index in [4.69, 9.17) is 4.98 Å². The maximum Gasteiger partial charge on any atom is 0.137 e. The summed E-state index contributed by atoms with van der Waals surface area (Å²) < 4.78 is 2.09. The summed E-state index contributed by atoms with van der Waals surface area (Å²) in [6.45, 7) is 4.28. The van der Waals surface area contributed by atoms with Crippen LogP contribution in [0.1, 0.15) is 29.7 Å². The van der Waals surface area contributed by atoms with Crippen LogP contribution >= 0.6 is 0 Å². The second-order valence-corrected chi connectivity index (χ2v) is 5.54. The lowest BCUT2D eigenvalue weighted by Gasteiger charge is -2.08. The van der Waals surface area contributed by atoms with E-state index in [1.165, 1.54) is 11.1 Å². The molecule has 104 valence electrons. The van der Waals surface area contributed by atoms with Crippen molar-refractivity contribution in [3.05, 3.63) is 65.9 Å². The zero-order valence-electron chi connectivity index (χ0n) is 12.0. The molecule has 0 unspecified atom stereocenters. The number of hydrogen-bond donors (Lipinski definition) is 1. The summed E-state index contributed by atoms with van der Waals surface area (Å²) in [6.07, 6.45) is 5.95. The third-order valence-electron chi connectivity index (χ3n) is 4.01. The third-order valence-corrected chi connectivity index (χ3v) is 4.01. The lowest BCUT2D eigenvalue weighted by molar-refractivity contribution is 0.886. The maximum atomic E-state index is 4.73. The highest BCUT2D eigenvalue weighted by Gasteiger charge is 2.13. The van der Waals surface area contributed by atoms with Gasteiger partial charge >= 0.3 is 0 Å². The molecule has 0 aliphatic carbocycles. The number of fused-ring (bicyclic) bond motifs is 2. The van der Waals surface area contributed by atoms with Crippen LogP contribution in [-0.2, 0) is 0 Å². The number of benzene rings is 1. The number of pyridine rings is 1. The summed E-state index contributed by atoms with van der Waals surface area (Å²) in [5.74, 6) is 0.248. The number of H-pyrrole nitrogens is 1. The van der Waals surface area contributed by atoms with Gasteiger partial charge in [0.1, 0.15) is 5.65 Å². The van der Waals surface area contributed by atoms with Gasteiger partial charge in [0.2, 0.25) is 0 Å². The molecule has 0 bridgehead atoms. The molecule has 4 aromatic rings. The molecule has 1 aromatic carbocycles. The molecule has 21 heavy (non-hydrogen) atoms. The fourth-order valence-electron chi connectivity index (χ4n) is 2.72. The van der Waals surface area contributed by atoms with Gasteiger partial charge in [-0.2, -0.15) is 0 Å². The van der Waals surface area contributed by atoms with Crippen molar-refractivity contribution < 1.29 is 0 Å². The van der Waals surface area contributed by atoms with E-state index in [2.05, 4.69) is 70.9 Å². The average Bonchev–Trinajstić information content (AvgIpc) is 3.11. The van der Waals surface area contributed by atoms with Gasteiger partial charge in [0.25, 0.3) is 0 Å². The quantitative estimate of drug-likeness (QED) is 0.607. The van der Waals surface area contributed by atoms with Gasteiger partial charge in [0.15, 0.2) is 0 Å². The molecule has 3 heterocycles. The van der Waals surface area contributed by atoms with Crippen molar-refractivity contribution in [2.75, 3.05) is 0 Å². The monoisotopic (exact) mass is 276 g/mol. The minimum atomic E-state index is 0.248. The van der Waals surface area contributed by atoms with Crippen LogP contribution in [0.15, 0.2) is 49.1 Å². The first-order valence-corrected chi connectivity index (χ1v) is 7.09. The smallest absolute Gasteiger partial charge is 0.137 e. The predicted molar refractivity (Wildman–Crippen MR) is 83.5 cm³/mol. The molecule has 0 amide bonds. The van der Waals surface area contributed by atoms with Crippen molar-refractivity contribution in [3.8, 4) is 0 Å². The molecule has 0 radical (unpaired) electrons. The molecule has 4 rings (SSSR count). The predicted octanol–water partition coefficient (Wildman–Crippen LogP) is 3.67. The second-order valence-electron chi connectivity index (χ2n) is 5.54. The highest BCUT2D eigenvalue weighted by Crippen LogP contribution is 2.26.